The lowest BCUT2D eigenvalue weighted by Crippen LogP contribution is -2.32. The van der Waals surface area contributed by atoms with Crippen LogP contribution in [0.3, 0.4) is 0 Å². The molecule has 0 radical (unpaired) electrons. The molecule has 0 aromatic rings. The number of hydrogen-bond donors (Lipinski definition) is 0. The molecule has 0 aliphatic carbocycles. The Morgan fingerprint density at radius 3 is 2.59 bits per heavy atom. The minimum absolute atomic E-state index is 0.106. The summed E-state index contributed by atoms with van der Waals surface area (Å²) >= 11 is 0. The van der Waals surface area contributed by atoms with Gasteiger partial charge in [-0.1, -0.05) is 6.42 Å². The molecule has 0 heterocycles. The third kappa shape index (κ3) is 8.70. The summed E-state index contributed by atoms with van der Waals surface area (Å²) in [5.41, 5.74) is 0. The first kappa shape index (κ1) is 15.9. The molecular weight excluding hydrogens is 216 g/mol. The van der Waals surface area contributed by atoms with Gasteiger partial charge in [-0.3, -0.25) is 9.69 Å². The van der Waals surface area contributed by atoms with Gasteiger partial charge in [0.2, 0.25) is 0 Å². The monoisotopic (exact) mass is 240 g/mol. The van der Waals surface area contributed by atoms with Crippen LogP contribution in [0.1, 0.15) is 46.5 Å². The quantitative estimate of drug-likeness (QED) is 0.352. The molecule has 0 aromatic heterocycles. The van der Waals surface area contributed by atoms with Crippen molar-refractivity contribution in [3.8, 4) is 6.07 Å². The lowest BCUT2D eigenvalue weighted by atomic mass is 10.1. The third-order valence-corrected chi connectivity index (χ3v) is 2.64. The molecule has 4 nitrogen and oxygen atoms in total. The summed E-state index contributed by atoms with van der Waals surface area (Å²) in [6.07, 6.45) is 3.41. The Morgan fingerprint density at radius 1 is 1.35 bits per heavy atom. The molecule has 4 heteroatoms. The topological polar surface area (TPSA) is 53.3 Å². The van der Waals surface area contributed by atoms with Crippen LogP contribution in [0.25, 0.3) is 0 Å². The zero-order valence-corrected chi connectivity index (χ0v) is 11.2. The number of hydrogen-bond acceptors (Lipinski definition) is 4. The predicted octanol–water partition coefficient (Wildman–Crippen LogP) is 2.34. The zero-order chi connectivity index (χ0) is 13.1. The lowest BCUT2D eigenvalue weighted by molar-refractivity contribution is -0.143. The highest BCUT2D eigenvalue weighted by Crippen LogP contribution is 2.05. The molecule has 0 fully saturated rings. The number of carbonyl (C=O) groups excluding carboxylic acids is 1. The van der Waals surface area contributed by atoms with E-state index in [9.17, 15) is 4.79 Å². The maximum absolute atomic E-state index is 11.1. The van der Waals surface area contributed by atoms with E-state index < -0.39 is 0 Å². The smallest absolute Gasteiger partial charge is 0.305 e. The summed E-state index contributed by atoms with van der Waals surface area (Å²) in [5.74, 6) is -0.106. The van der Waals surface area contributed by atoms with Crippen LogP contribution < -0.4 is 0 Å². The van der Waals surface area contributed by atoms with Crippen molar-refractivity contribution in [1.29, 1.82) is 5.26 Å². The van der Waals surface area contributed by atoms with Gasteiger partial charge in [0.05, 0.1) is 19.2 Å². The van der Waals surface area contributed by atoms with Gasteiger partial charge in [0.15, 0.2) is 0 Å². The van der Waals surface area contributed by atoms with Crippen molar-refractivity contribution in [2.24, 2.45) is 0 Å². The van der Waals surface area contributed by atoms with Crippen LogP contribution >= 0.6 is 0 Å². The Balaban J connectivity index is 3.55. The zero-order valence-electron chi connectivity index (χ0n) is 11.2. The maximum atomic E-state index is 11.1. The normalized spacial score (nSPS) is 10.6. The number of nitriles is 1. The molecule has 17 heavy (non-hydrogen) atoms. The van der Waals surface area contributed by atoms with Gasteiger partial charge in [-0.25, -0.2) is 0 Å². The van der Waals surface area contributed by atoms with Crippen LogP contribution in [0.4, 0.5) is 0 Å². The Hall–Kier alpha value is -1.08. The fraction of sp³-hybridized carbons (Fsp3) is 0.846. The number of ether oxygens (including phenoxy) is 1. The molecule has 0 saturated carbocycles. The number of nitrogens with zero attached hydrogens (tertiary/aromatic N) is 2. The molecule has 0 amide bonds. The van der Waals surface area contributed by atoms with Crippen molar-refractivity contribution in [2.75, 3.05) is 19.7 Å². The maximum Gasteiger partial charge on any atom is 0.305 e. The van der Waals surface area contributed by atoms with E-state index in [1.807, 2.05) is 6.92 Å². The van der Waals surface area contributed by atoms with Crippen LogP contribution in [0.5, 0.6) is 0 Å². The Morgan fingerprint density at radius 2 is 2.06 bits per heavy atom. The standard InChI is InChI=1S/C13H24N2O2/c1-4-17-13(16)8-6-5-7-10-15(11-9-14)12(2)3/h12H,4-8,10-11H2,1-3H3. The van der Waals surface area contributed by atoms with Crippen molar-refractivity contribution in [2.45, 2.75) is 52.5 Å². The summed E-state index contributed by atoms with van der Waals surface area (Å²) in [4.78, 5) is 13.2. The van der Waals surface area contributed by atoms with Crippen molar-refractivity contribution in [1.82, 2.24) is 4.90 Å². The lowest BCUT2D eigenvalue weighted by Gasteiger charge is -2.23. The number of carbonyl (C=O) groups is 1. The highest BCUT2D eigenvalue weighted by atomic mass is 16.5. The first-order valence-corrected chi connectivity index (χ1v) is 6.38. The van der Waals surface area contributed by atoms with E-state index in [4.69, 9.17) is 10.00 Å². The van der Waals surface area contributed by atoms with Gasteiger partial charge in [0.25, 0.3) is 0 Å². The molecule has 0 aromatic carbocycles. The first-order chi connectivity index (χ1) is 8.11. The first-order valence-electron chi connectivity index (χ1n) is 6.38. The van der Waals surface area contributed by atoms with Crippen LogP contribution in [0.2, 0.25) is 0 Å². The average Bonchev–Trinajstić information content (AvgIpc) is 2.27. The fourth-order valence-electron chi connectivity index (χ4n) is 1.60. The third-order valence-electron chi connectivity index (χ3n) is 2.64. The van der Waals surface area contributed by atoms with Gasteiger partial charge in [-0.15, -0.1) is 0 Å². The van der Waals surface area contributed by atoms with Gasteiger partial charge in [0.1, 0.15) is 0 Å². The second-order valence-electron chi connectivity index (χ2n) is 4.34. The van der Waals surface area contributed by atoms with Crippen molar-refractivity contribution in [3.05, 3.63) is 0 Å². The molecule has 0 rings (SSSR count). The molecule has 0 unspecified atom stereocenters. The minimum atomic E-state index is -0.106. The number of rotatable bonds is 9. The van der Waals surface area contributed by atoms with Gasteiger partial charge in [0, 0.05) is 12.5 Å². The number of esters is 1. The molecule has 0 spiro atoms. The summed E-state index contributed by atoms with van der Waals surface area (Å²) in [5, 5.41) is 8.67. The van der Waals surface area contributed by atoms with E-state index in [-0.39, 0.29) is 5.97 Å². The Kier molecular flexibility index (Phi) is 9.46. The number of unbranched alkanes of at least 4 members (excludes halogenated alkanes) is 2. The van der Waals surface area contributed by atoms with E-state index in [0.29, 0.717) is 25.6 Å². The van der Waals surface area contributed by atoms with Crippen molar-refractivity contribution in [3.63, 3.8) is 0 Å². The molecular formula is C13H24N2O2. The molecule has 0 saturated heterocycles. The molecule has 0 aliphatic heterocycles. The second kappa shape index (κ2) is 10.1. The minimum Gasteiger partial charge on any atom is -0.466 e. The summed E-state index contributed by atoms with van der Waals surface area (Å²) in [6.45, 7) is 7.87. The van der Waals surface area contributed by atoms with Gasteiger partial charge in [-0.05, 0) is 40.2 Å². The largest absolute Gasteiger partial charge is 0.466 e. The van der Waals surface area contributed by atoms with Crippen LogP contribution in [-0.2, 0) is 9.53 Å². The van der Waals surface area contributed by atoms with E-state index in [0.717, 1.165) is 25.8 Å². The second-order valence-corrected chi connectivity index (χ2v) is 4.34. The fourth-order valence-corrected chi connectivity index (χ4v) is 1.60. The Labute approximate surface area is 105 Å². The van der Waals surface area contributed by atoms with E-state index in [1.165, 1.54) is 0 Å². The van der Waals surface area contributed by atoms with Gasteiger partial charge < -0.3 is 4.74 Å². The molecule has 98 valence electrons. The summed E-state index contributed by atoms with van der Waals surface area (Å²) < 4.78 is 4.85. The van der Waals surface area contributed by atoms with Gasteiger partial charge >= 0.3 is 5.97 Å². The molecule has 0 N–H and O–H groups in total. The van der Waals surface area contributed by atoms with Gasteiger partial charge in [-0.2, -0.15) is 5.26 Å². The van der Waals surface area contributed by atoms with Crippen molar-refractivity contribution >= 4 is 5.97 Å². The predicted molar refractivity (Wildman–Crippen MR) is 67.4 cm³/mol. The van der Waals surface area contributed by atoms with Crippen molar-refractivity contribution < 1.29 is 9.53 Å². The van der Waals surface area contributed by atoms with Crippen LogP contribution in [0, 0.1) is 11.3 Å². The van der Waals surface area contributed by atoms with E-state index in [1.54, 1.807) is 0 Å². The SMILES string of the molecule is CCOC(=O)CCCCCN(CC#N)C(C)C. The van der Waals surface area contributed by atoms with Crippen LogP contribution in [-0.4, -0.2) is 36.6 Å². The highest BCUT2D eigenvalue weighted by molar-refractivity contribution is 5.69. The Bertz CT molecular complexity index is 246. The van der Waals surface area contributed by atoms with Crippen LogP contribution in [0.15, 0.2) is 0 Å². The molecule has 0 atom stereocenters. The molecule has 0 bridgehead atoms. The summed E-state index contributed by atoms with van der Waals surface area (Å²) in [7, 11) is 0. The highest BCUT2D eigenvalue weighted by Gasteiger charge is 2.08. The molecule has 0 aliphatic rings. The summed E-state index contributed by atoms with van der Waals surface area (Å²) in [6, 6.07) is 2.58. The van der Waals surface area contributed by atoms with E-state index in [2.05, 4.69) is 24.8 Å². The average molecular weight is 240 g/mol. The van der Waals surface area contributed by atoms with E-state index >= 15 is 0 Å².